The van der Waals surface area contributed by atoms with Crippen molar-refractivity contribution in [2.75, 3.05) is 5.32 Å². The maximum Gasteiger partial charge on any atom is 0.417 e. The van der Waals surface area contributed by atoms with Crippen LogP contribution in [0.2, 0.25) is 5.02 Å². The summed E-state index contributed by atoms with van der Waals surface area (Å²) in [6, 6.07) is 9.52. The minimum absolute atomic E-state index is 0.00662. The Kier molecular flexibility index (Phi) is 4.84. The van der Waals surface area contributed by atoms with Crippen molar-refractivity contribution in [1.29, 1.82) is 0 Å². The third-order valence-corrected chi connectivity index (χ3v) is 4.11. The molecule has 1 aromatic heterocycles. The smallest absolute Gasteiger partial charge is 0.322 e. The van der Waals surface area contributed by atoms with Gasteiger partial charge in [0.1, 0.15) is 6.33 Å². The number of hydrogen-bond donors (Lipinski definition) is 2. The second kappa shape index (κ2) is 6.93. The quantitative estimate of drug-likeness (QED) is 0.620. The highest BCUT2D eigenvalue weighted by atomic mass is 35.5. The van der Waals surface area contributed by atoms with Crippen LogP contribution in [0, 0.1) is 4.77 Å². The number of benzene rings is 2. The van der Waals surface area contributed by atoms with E-state index in [1.165, 1.54) is 24.5 Å². The molecule has 0 spiro atoms. The molecule has 134 valence electrons. The number of H-pyrrole nitrogens is 1. The van der Waals surface area contributed by atoms with Gasteiger partial charge < -0.3 is 5.32 Å². The van der Waals surface area contributed by atoms with Crippen LogP contribution in [0.1, 0.15) is 15.9 Å². The van der Waals surface area contributed by atoms with Crippen LogP contribution in [0.4, 0.5) is 18.9 Å². The summed E-state index contributed by atoms with van der Waals surface area (Å²) in [6.45, 7) is 0. The molecule has 3 aromatic rings. The number of nitrogens with one attached hydrogen (secondary N) is 2. The maximum absolute atomic E-state index is 12.9. The molecule has 0 fully saturated rings. The van der Waals surface area contributed by atoms with E-state index in [9.17, 15) is 18.0 Å². The lowest BCUT2D eigenvalue weighted by Gasteiger charge is -2.12. The van der Waals surface area contributed by atoms with Crippen molar-refractivity contribution < 1.29 is 18.0 Å². The van der Waals surface area contributed by atoms with Gasteiger partial charge in [-0.2, -0.15) is 18.3 Å². The van der Waals surface area contributed by atoms with Crippen molar-refractivity contribution in [3.8, 4) is 5.69 Å². The number of amides is 1. The number of nitrogens with zero attached hydrogens (tertiary/aromatic N) is 2. The minimum Gasteiger partial charge on any atom is -0.322 e. The van der Waals surface area contributed by atoms with Crippen LogP contribution in [0.15, 0.2) is 48.8 Å². The Morgan fingerprint density at radius 1 is 1.19 bits per heavy atom. The van der Waals surface area contributed by atoms with Gasteiger partial charge in [-0.1, -0.05) is 11.6 Å². The molecule has 2 aromatic carbocycles. The standard InChI is InChI=1S/C16H10ClF3N4OS/c17-13-6-3-10(7-12(13)16(18,19)20)22-14(25)9-1-4-11(5-2-9)24-8-21-23-15(24)26/h1-8H,(H,22,25)(H,23,26). The Balaban J connectivity index is 1.81. The van der Waals surface area contributed by atoms with Gasteiger partial charge in [0.2, 0.25) is 0 Å². The lowest BCUT2D eigenvalue weighted by Crippen LogP contribution is -2.13. The molecule has 0 aliphatic carbocycles. The number of carbonyl (C=O) groups excluding carboxylic acids is 1. The van der Waals surface area contributed by atoms with E-state index in [2.05, 4.69) is 15.5 Å². The Hall–Kier alpha value is -2.65. The minimum atomic E-state index is -4.61. The van der Waals surface area contributed by atoms with Crippen molar-refractivity contribution in [3.63, 3.8) is 0 Å². The van der Waals surface area contributed by atoms with Crippen LogP contribution in [-0.2, 0) is 6.18 Å². The molecule has 0 unspecified atom stereocenters. The lowest BCUT2D eigenvalue weighted by molar-refractivity contribution is -0.137. The summed E-state index contributed by atoms with van der Waals surface area (Å²) in [7, 11) is 0. The molecular weight excluding hydrogens is 389 g/mol. The SMILES string of the molecule is O=C(Nc1ccc(Cl)c(C(F)(F)F)c1)c1ccc(-n2cn[nH]c2=S)cc1. The van der Waals surface area contributed by atoms with Crippen molar-refractivity contribution in [2.45, 2.75) is 6.18 Å². The number of hydrogen-bond acceptors (Lipinski definition) is 3. The van der Waals surface area contributed by atoms with E-state index in [-0.39, 0.29) is 11.3 Å². The van der Waals surface area contributed by atoms with Crippen LogP contribution in [0.3, 0.4) is 0 Å². The number of alkyl halides is 3. The van der Waals surface area contributed by atoms with E-state index in [1.807, 2.05) is 0 Å². The highest BCUT2D eigenvalue weighted by Crippen LogP contribution is 2.36. The Bertz CT molecular complexity index is 1010. The fourth-order valence-corrected chi connectivity index (χ4v) is 2.66. The zero-order valence-corrected chi connectivity index (χ0v) is 14.4. The lowest BCUT2D eigenvalue weighted by atomic mass is 10.1. The normalized spacial score (nSPS) is 11.4. The predicted molar refractivity (Wildman–Crippen MR) is 93.2 cm³/mol. The van der Waals surface area contributed by atoms with E-state index in [4.69, 9.17) is 23.8 Å². The number of halogens is 4. The molecule has 1 heterocycles. The Labute approximate surface area is 155 Å². The molecule has 26 heavy (non-hydrogen) atoms. The summed E-state index contributed by atoms with van der Waals surface area (Å²) in [5, 5.41) is 8.39. The average Bonchev–Trinajstić information content (AvgIpc) is 3.01. The first kappa shape index (κ1) is 18.2. The van der Waals surface area contributed by atoms with Gasteiger partial charge in [-0.15, -0.1) is 0 Å². The molecule has 5 nitrogen and oxygen atoms in total. The van der Waals surface area contributed by atoms with E-state index in [1.54, 1.807) is 16.7 Å². The van der Waals surface area contributed by atoms with E-state index >= 15 is 0 Å². The average molecular weight is 399 g/mol. The van der Waals surface area contributed by atoms with Crippen molar-refractivity contribution in [1.82, 2.24) is 14.8 Å². The summed E-state index contributed by atoms with van der Waals surface area (Å²) in [6.07, 6.45) is -3.12. The molecule has 0 bridgehead atoms. The van der Waals surface area contributed by atoms with Crippen LogP contribution in [-0.4, -0.2) is 20.7 Å². The topological polar surface area (TPSA) is 62.7 Å². The fourth-order valence-electron chi connectivity index (χ4n) is 2.23. The van der Waals surface area contributed by atoms with Gasteiger partial charge in [0.05, 0.1) is 10.6 Å². The number of aromatic amines is 1. The molecule has 0 radical (unpaired) electrons. The second-order valence-electron chi connectivity index (χ2n) is 5.22. The molecule has 3 rings (SSSR count). The van der Waals surface area contributed by atoms with Crippen molar-refractivity contribution in [3.05, 3.63) is 69.7 Å². The number of aromatic nitrogens is 3. The summed E-state index contributed by atoms with van der Waals surface area (Å²) in [5.74, 6) is -0.553. The maximum atomic E-state index is 12.9. The summed E-state index contributed by atoms with van der Waals surface area (Å²) < 4.78 is 40.6. The first-order valence-corrected chi connectivity index (χ1v) is 7.95. The molecular formula is C16H10ClF3N4OS. The van der Waals surface area contributed by atoms with Crippen molar-refractivity contribution in [2.24, 2.45) is 0 Å². The van der Waals surface area contributed by atoms with Crippen LogP contribution < -0.4 is 5.32 Å². The summed E-state index contributed by atoms with van der Waals surface area (Å²) >= 11 is 10.6. The molecule has 1 amide bonds. The van der Waals surface area contributed by atoms with Gasteiger partial charge in [0, 0.05) is 16.9 Å². The van der Waals surface area contributed by atoms with Gasteiger partial charge in [0.25, 0.3) is 5.91 Å². The molecule has 0 aliphatic rings. The van der Waals surface area contributed by atoms with E-state index < -0.39 is 22.7 Å². The number of rotatable bonds is 3. The first-order chi connectivity index (χ1) is 12.3. The molecule has 0 saturated carbocycles. The monoisotopic (exact) mass is 398 g/mol. The summed E-state index contributed by atoms with van der Waals surface area (Å²) in [5.41, 5.74) is -0.0621. The third kappa shape index (κ3) is 3.78. The Morgan fingerprint density at radius 3 is 2.46 bits per heavy atom. The fraction of sp³-hybridized carbons (Fsp3) is 0.0625. The third-order valence-electron chi connectivity index (χ3n) is 3.49. The zero-order valence-electron chi connectivity index (χ0n) is 12.8. The van der Waals surface area contributed by atoms with Gasteiger partial charge >= 0.3 is 6.18 Å². The molecule has 0 aliphatic heterocycles. The number of anilines is 1. The van der Waals surface area contributed by atoms with Crippen LogP contribution in [0.25, 0.3) is 5.69 Å². The first-order valence-electron chi connectivity index (χ1n) is 7.16. The highest BCUT2D eigenvalue weighted by Gasteiger charge is 2.33. The van der Waals surface area contributed by atoms with Crippen LogP contribution >= 0.6 is 23.8 Å². The van der Waals surface area contributed by atoms with E-state index in [0.29, 0.717) is 10.5 Å². The van der Waals surface area contributed by atoms with E-state index in [0.717, 1.165) is 12.1 Å². The largest absolute Gasteiger partial charge is 0.417 e. The predicted octanol–water partition coefficient (Wildman–Crippen LogP) is 4.85. The van der Waals surface area contributed by atoms with Crippen molar-refractivity contribution >= 4 is 35.4 Å². The number of carbonyl (C=O) groups is 1. The van der Waals surface area contributed by atoms with Gasteiger partial charge in [0.15, 0.2) is 4.77 Å². The van der Waals surface area contributed by atoms with Gasteiger partial charge in [-0.05, 0) is 54.7 Å². The Morgan fingerprint density at radius 2 is 1.88 bits per heavy atom. The zero-order chi connectivity index (χ0) is 18.9. The van der Waals surface area contributed by atoms with Gasteiger partial charge in [-0.25, -0.2) is 0 Å². The molecule has 2 N–H and O–H groups in total. The van der Waals surface area contributed by atoms with Crippen LogP contribution in [0.5, 0.6) is 0 Å². The summed E-state index contributed by atoms with van der Waals surface area (Å²) in [4.78, 5) is 12.3. The molecule has 10 heteroatoms. The highest BCUT2D eigenvalue weighted by molar-refractivity contribution is 7.71. The van der Waals surface area contributed by atoms with Gasteiger partial charge in [-0.3, -0.25) is 14.5 Å². The second-order valence-corrected chi connectivity index (χ2v) is 6.02. The molecule has 0 saturated heterocycles. The molecule has 0 atom stereocenters.